The number of hydrogen-bond donors (Lipinski definition) is 0. The smallest absolute Gasteiger partial charge is 0.232 e. The van der Waals surface area contributed by atoms with Crippen molar-refractivity contribution in [3.63, 3.8) is 0 Å². The Kier molecular flexibility index (Phi) is 6.13. The first-order chi connectivity index (χ1) is 9.76. The van der Waals surface area contributed by atoms with E-state index >= 15 is 0 Å². The first kappa shape index (κ1) is 15.6. The molecule has 0 radical (unpaired) electrons. The largest absolute Gasteiger partial charge is 0.343 e. The molecule has 0 saturated heterocycles. The lowest BCUT2D eigenvalue weighted by Crippen LogP contribution is -2.32. The van der Waals surface area contributed by atoms with Gasteiger partial charge in [-0.05, 0) is 58.6 Å². The van der Waals surface area contributed by atoms with Crippen LogP contribution >= 0.6 is 34.4 Å². The summed E-state index contributed by atoms with van der Waals surface area (Å²) < 4.78 is 0. The number of thioether (sulfide) groups is 1. The van der Waals surface area contributed by atoms with Gasteiger partial charge in [-0.1, -0.05) is 0 Å². The molecule has 0 N–H and O–H groups in total. The zero-order valence-corrected chi connectivity index (χ0v) is 14.2. The van der Waals surface area contributed by atoms with E-state index in [1.165, 1.54) is 11.1 Å². The second-order valence-electron chi connectivity index (χ2n) is 4.37. The molecule has 0 spiro atoms. The molecule has 0 aliphatic rings. The molecule has 0 aliphatic heterocycles. The van der Waals surface area contributed by atoms with Gasteiger partial charge in [0.15, 0.2) is 0 Å². The second kappa shape index (κ2) is 7.86. The third-order valence-corrected chi connectivity index (χ3v) is 5.88. The SMILES string of the molecule is CCN(CC)C(=O)CSC(c1ccsc1)c1ccsc1. The highest BCUT2D eigenvalue weighted by Crippen LogP contribution is 2.37. The van der Waals surface area contributed by atoms with E-state index in [1.54, 1.807) is 34.4 Å². The van der Waals surface area contributed by atoms with E-state index in [1.807, 2.05) is 18.7 Å². The summed E-state index contributed by atoms with van der Waals surface area (Å²) in [7, 11) is 0. The van der Waals surface area contributed by atoms with Crippen LogP contribution in [-0.4, -0.2) is 29.6 Å². The molecule has 0 bridgehead atoms. The minimum atomic E-state index is 0.232. The Morgan fingerprint density at radius 1 is 1.15 bits per heavy atom. The number of nitrogens with zero attached hydrogens (tertiary/aromatic N) is 1. The highest BCUT2D eigenvalue weighted by molar-refractivity contribution is 8.00. The van der Waals surface area contributed by atoms with Crippen molar-refractivity contribution in [2.75, 3.05) is 18.8 Å². The van der Waals surface area contributed by atoms with E-state index in [-0.39, 0.29) is 11.2 Å². The highest BCUT2D eigenvalue weighted by Gasteiger charge is 2.19. The monoisotopic (exact) mass is 325 g/mol. The van der Waals surface area contributed by atoms with Crippen molar-refractivity contribution in [3.05, 3.63) is 44.8 Å². The molecule has 2 heterocycles. The van der Waals surface area contributed by atoms with Gasteiger partial charge in [0.05, 0.1) is 11.0 Å². The Hall–Kier alpha value is -0.780. The lowest BCUT2D eigenvalue weighted by atomic mass is 10.1. The predicted molar refractivity (Wildman–Crippen MR) is 90.9 cm³/mol. The van der Waals surface area contributed by atoms with Gasteiger partial charge in [-0.15, -0.1) is 11.8 Å². The molecule has 2 aromatic heterocycles. The van der Waals surface area contributed by atoms with E-state index in [0.717, 1.165) is 13.1 Å². The normalized spacial score (nSPS) is 10.9. The molecule has 0 aliphatic carbocycles. The third kappa shape index (κ3) is 3.87. The summed E-state index contributed by atoms with van der Waals surface area (Å²) in [5.74, 6) is 0.772. The van der Waals surface area contributed by atoms with E-state index in [2.05, 4.69) is 33.7 Å². The maximum absolute atomic E-state index is 12.2. The Morgan fingerprint density at radius 3 is 2.10 bits per heavy atom. The van der Waals surface area contributed by atoms with Crippen LogP contribution in [-0.2, 0) is 4.79 Å². The molecule has 0 saturated carbocycles. The first-order valence-electron chi connectivity index (χ1n) is 6.69. The van der Waals surface area contributed by atoms with Gasteiger partial charge >= 0.3 is 0 Å². The molecule has 0 fully saturated rings. The minimum Gasteiger partial charge on any atom is -0.343 e. The molecule has 1 amide bonds. The average Bonchev–Trinajstić information content (AvgIpc) is 3.13. The highest BCUT2D eigenvalue weighted by atomic mass is 32.2. The summed E-state index contributed by atoms with van der Waals surface area (Å²) in [5.41, 5.74) is 2.59. The minimum absolute atomic E-state index is 0.232. The number of amides is 1. The van der Waals surface area contributed by atoms with Crippen molar-refractivity contribution in [2.45, 2.75) is 19.1 Å². The topological polar surface area (TPSA) is 20.3 Å². The first-order valence-corrected chi connectivity index (χ1v) is 9.63. The summed E-state index contributed by atoms with van der Waals surface area (Å²) in [6, 6.07) is 4.31. The van der Waals surface area contributed by atoms with Crippen molar-refractivity contribution in [1.82, 2.24) is 4.90 Å². The molecule has 2 rings (SSSR count). The predicted octanol–water partition coefficient (Wildman–Crippen LogP) is 4.50. The van der Waals surface area contributed by atoms with Crippen molar-refractivity contribution < 1.29 is 4.79 Å². The molecular formula is C15H19NOS3. The number of thiophene rings is 2. The quantitative estimate of drug-likeness (QED) is 0.747. The fourth-order valence-corrected chi connectivity index (χ4v) is 4.77. The maximum atomic E-state index is 12.2. The fourth-order valence-electron chi connectivity index (χ4n) is 2.06. The van der Waals surface area contributed by atoms with Crippen LogP contribution in [0, 0.1) is 0 Å². The van der Waals surface area contributed by atoms with Gasteiger partial charge in [-0.3, -0.25) is 4.79 Å². The molecule has 20 heavy (non-hydrogen) atoms. The number of hydrogen-bond acceptors (Lipinski definition) is 4. The van der Waals surface area contributed by atoms with E-state index in [4.69, 9.17) is 0 Å². The van der Waals surface area contributed by atoms with Gasteiger partial charge in [-0.25, -0.2) is 0 Å². The molecule has 5 heteroatoms. The Morgan fingerprint density at radius 2 is 1.70 bits per heavy atom. The van der Waals surface area contributed by atoms with Gasteiger partial charge in [-0.2, -0.15) is 22.7 Å². The Balaban J connectivity index is 2.05. The van der Waals surface area contributed by atoms with Crippen LogP contribution in [0.25, 0.3) is 0 Å². The molecule has 0 unspecified atom stereocenters. The Labute approximate surface area is 132 Å². The number of rotatable bonds is 7. The van der Waals surface area contributed by atoms with E-state index in [9.17, 15) is 4.79 Å². The van der Waals surface area contributed by atoms with Crippen LogP contribution in [0.1, 0.15) is 30.2 Å². The van der Waals surface area contributed by atoms with Gasteiger partial charge in [0.1, 0.15) is 0 Å². The van der Waals surface area contributed by atoms with Crippen molar-refractivity contribution in [3.8, 4) is 0 Å². The fraction of sp³-hybridized carbons (Fsp3) is 0.400. The molecule has 2 aromatic rings. The molecule has 2 nitrogen and oxygen atoms in total. The third-order valence-electron chi connectivity index (χ3n) is 3.18. The van der Waals surface area contributed by atoms with Gasteiger partial charge in [0.2, 0.25) is 5.91 Å². The van der Waals surface area contributed by atoms with Crippen LogP contribution in [0.4, 0.5) is 0 Å². The summed E-state index contributed by atoms with van der Waals surface area (Å²) in [5, 5.41) is 8.82. The van der Waals surface area contributed by atoms with Crippen LogP contribution < -0.4 is 0 Å². The van der Waals surface area contributed by atoms with Crippen LogP contribution in [0.5, 0.6) is 0 Å². The van der Waals surface area contributed by atoms with Crippen LogP contribution in [0.2, 0.25) is 0 Å². The van der Waals surface area contributed by atoms with Crippen LogP contribution in [0.15, 0.2) is 33.7 Å². The zero-order chi connectivity index (χ0) is 14.4. The van der Waals surface area contributed by atoms with E-state index in [0.29, 0.717) is 5.75 Å². The van der Waals surface area contributed by atoms with Gasteiger partial charge in [0.25, 0.3) is 0 Å². The molecule has 0 atom stereocenters. The molecule has 108 valence electrons. The van der Waals surface area contributed by atoms with E-state index < -0.39 is 0 Å². The number of carbonyl (C=O) groups excluding carboxylic acids is 1. The van der Waals surface area contributed by atoms with Crippen LogP contribution in [0.3, 0.4) is 0 Å². The molecular weight excluding hydrogens is 306 g/mol. The van der Waals surface area contributed by atoms with Crippen molar-refractivity contribution >= 4 is 40.3 Å². The van der Waals surface area contributed by atoms with Gasteiger partial charge in [0, 0.05) is 13.1 Å². The summed E-state index contributed by atoms with van der Waals surface area (Å²) >= 11 is 5.15. The lowest BCUT2D eigenvalue weighted by Gasteiger charge is -2.20. The second-order valence-corrected chi connectivity index (χ2v) is 7.02. The lowest BCUT2D eigenvalue weighted by molar-refractivity contribution is -0.127. The zero-order valence-electron chi connectivity index (χ0n) is 11.7. The Bertz CT molecular complexity index is 469. The summed E-state index contributed by atoms with van der Waals surface area (Å²) in [6.07, 6.45) is 0. The summed E-state index contributed by atoms with van der Waals surface area (Å²) in [6.45, 7) is 5.64. The standard InChI is InChI=1S/C15H19NOS3/c1-3-16(4-2)14(17)11-20-15(12-5-7-18-9-12)13-6-8-19-10-13/h5-10,15H,3-4,11H2,1-2H3. The maximum Gasteiger partial charge on any atom is 0.232 e. The van der Waals surface area contributed by atoms with Gasteiger partial charge < -0.3 is 4.90 Å². The van der Waals surface area contributed by atoms with Crippen molar-refractivity contribution in [1.29, 1.82) is 0 Å². The average molecular weight is 326 g/mol. The van der Waals surface area contributed by atoms with Crippen molar-refractivity contribution in [2.24, 2.45) is 0 Å². The number of carbonyl (C=O) groups is 1. The molecule has 0 aromatic carbocycles. The summed E-state index contributed by atoms with van der Waals surface area (Å²) in [4.78, 5) is 14.1.